The summed E-state index contributed by atoms with van der Waals surface area (Å²) in [6.45, 7) is 5.22. The molecule has 2 rings (SSSR count). The minimum Gasteiger partial charge on any atom is -0.382 e. The Morgan fingerprint density at radius 3 is 2.79 bits per heavy atom. The molecule has 0 bridgehead atoms. The summed E-state index contributed by atoms with van der Waals surface area (Å²) in [6.07, 6.45) is 0.850. The molecule has 0 spiro atoms. The minimum absolute atomic E-state index is 0.00273. The quantitative estimate of drug-likeness (QED) is 0.670. The van der Waals surface area contributed by atoms with E-state index in [4.69, 9.17) is 0 Å². The Morgan fingerprint density at radius 2 is 2.21 bits per heavy atom. The molecule has 1 aliphatic rings. The van der Waals surface area contributed by atoms with Gasteiger partial charge in [0.2, 0.25) is 0 Å². The third-order valence-electron chi connectivity index (χ3n) is 3.49. The highest BCUT2D eigenvalue weighted by atomic mass is 16.6. The zero-order valence-electron chi connectivity index (χ0n) is 11.0. The molecule has 0 fully saturated rings. The number of anilines is 1. The van der Waals surface area contributed by atoms with Crippen LogP contribution in [-0.4, -0.2) is 34.9 Å². The summed E-state index contributed by atoms with van der Waals surface area (Å²) >= 11 is 0. The number of rotatable bonds is 3. The van der Waals surface area contributed by atoms with Gasteiger partial charge in [0.15, 0.2) is 0 Å². The lowest BCUT2D eigenvalue weighted by molar-refractivity contribution is -0.384. The average molecular weight is 263 g/mol. The molecule has 0 radical (unpaired) electrons. The van der Waals surface area contributed by atoms with E-state index in [-0.39, 0.29) is 17.6 Å². The van der Waals surface area contributed by atoms with Crippen molar-refractivity contribution >= 4 is 17.3 Å². The number of carbonyl (C=O) groups is 1. The molecule has 0 saturated heterocycles. The van der Waals surface area contributed by atoms with Crippen LogP contribution in [0.3, 0.4) is 0 Å². The molecule has 6 nitrogen and oxygen atoms in total. The van der Waals surface area contributed by atoms with Crippen molar-refractivity contribution in [2.24, 2.45) is 0 Å². The summed E-state index contributed by atoms with van der Waals surface area (Å²) in [5, 5.41) is 13.9. The monoisotopic (exact) mass is 263 g/mol. The van der Waals surface area contributed by atoms with Crippen LogP contribution in [0.25, 0.3) is 0 Å². The van der Waals surface area contributed by atoms with Gasteiger partial charge in [-0.1, -0.05) is 6.92 Å². The molecule has 19 heavy (non-hydrogen) atoms. The van der Waals surface area contributed by atoms with E-state index in [1.165, 1.54) is 18.2 Å². The standard InChI is InChI=1S/C13H17N3O3/c1-3-9-8-14-12-7-10(16(18)19)5-6-11(12)13(17)15(9)4-2/h5-7,9,14H,3-4,8H2,1-2H3. The normalized spacial score (nSPS) is 18.5. The highest BCUT2D eigenvalue weighted by Gasteiger charge is 2.28. The first kappa shape index (κ1) is 13.3. The van der Waals surface area contributed by atoms with E-state index in [2.05, 4.69) is 5.32 Å². The Kier molecular flexibility index (Phi) is 3.69. The summed E-state index contributed by atoms with van der Waals surface area (Å²) < 4.78 is 0. The summed E-state index contributed by atoms with van der Waals surface area (Å²) in [6, 6.07) is 4.45. The number of likely N-dealkylation sites (N-methyl/N-ethyl adjacent to an activating group) is 1. The van der Waals surface area contributed by atoms with Crippen LogP contribution < -0.4 is 5.32 Å². The lowest BCUT2D eigenvalue weighted by atomic mass is 10.1. The molecule has 1 aliphatic heterocycles. The van der Waals surface area contributed by atoms with Crippen LogP contribution in [-0.2, 0) is 0 Å². The van der Waals surface area contributed by atoms with Crippen LogP contribution >= 0.6 is 0 Å². The van der Waals surface area contributed by atoms with Gasteiger partial charge in [-0.2, -0.15) is 0 Å². The number of carbonyl (C=O) groups excluding carboxylic acids is 1. The van der Waals surface area contributed by atoms with E-state index in [1.807, 2.05) is 18.7 Å². The first-order chi connectivity index (χ1) is 9.08. The zero-order valence-corrected chi connectivity index (χ0v) is 11.0. The largest absolute Gasteiger partial charge is 0.382 e. The van der Waals surface area contributed by atoms with Crippen LogP contribution in [0.2, 0.25) is 0 Å². The van der Waals surface area contributed by atoms with Crippen molar-refractivity contribution in [3.8, 4) is 0 Å². The van der Waals surface area contributed by atoms with Gasteiger partial charge in [0.1, 0.15) is 0 Å². The SMILES string of the molecule is CCC1CNc2cc([N+](=O)[O-])ccc2C(=O)N1CC. The van der Waals surface area contributed by atoms with E-state index < -0.39 is 4.92 Å². The predicted molar refractivity (Wildman–Crippen MR) is 72.4 cm³/mol. The van der Waals surface area contributed by atoms with Crippen molar-refractivity contribution in [2.45, 2.75) is 26.3 Å². The summed E-state index contributed by atoms with van der Waals surface area (Å²) in [5.41, 5.74) is 1.05. The van der Waals surface area contributed by atoms with Crippen molar-refractivity contribution in [3.63, 3.8) is 0 Å². The number of hydrogen-bond acceptors (Lipinski definition) is 4. The van der Waals surface area contributed by atoms with Gasteiger partial charge in [-0.25, -0.2) is 0 Å². The van der Waals surface area contributed by atoms with Crippen LogP contribution in [0.4, 0.5) is 11.4 Å². The third-order valence-corrected chi connectivity index (χ3v) is 3.49. The van der Waals surface area contributed by atoms with Gasteiger partial charge in [-0.15, -0.1) is 0 Å². The maximum atomic E-state index is 12.4. The number of nitrogens with zero attached hydrogens (tertiary/aromatic N) is 2. The average Bonchev–Trinajstić information content (AvgIpc) is 2.55. The number of amides is 1. The molecule has 1 heterocycles. The molecular formula is C13H17N3O3. The molecule has 0 saturated carbocycles. The second-order valence-electron chi connectivity index (χ2n) is 4.52. The van der Waals surface area contributed by atoms with Crippen molar-refractivity contribution in [1.29, 1.82) is 0 Å². The van der Waals surface area contributed by atoms with Gasteiger partial charge in [0.05, 0.1) is 16.2 Å². The van der Waals surface area contributed by atoms with E-state index in [0.717, 1.165) is 6.42 Å². The smallest absolute Gasteiger partial charge is 0.271 e. The number of nitro benzene ring substituents is 1. The molecular weight excluding hydrogens is 246 g/mol. The number of fused-ring (bicyclic) bond motifs is 1. The van der Waals surface area contributed by atoms with Crippen LogP contribution in [0, 0.1) is 10.1 Å². The number of nitro groups is 1. The first-order valence-electron chi connectivity index (χ1n) is 6.41. The summed E-state index contributed by atoms with van der Waals surface area (Å²) in [7, 11) is 0. The zero-order chi connectivity index (χ0) is 14.0. The Hall–Kier alpha value is -2.11. The van der Waals surface area contributed by atoms with Gasteiger partial charge >= 0.3 is 0 Å². The van der Waals surface area contributed by atoms with Gasteiger partial charge in [-0.3, -0.25) is 14.9 Å². The molecule has 102 valence electrons. The van der Waals surface area contributed by atoms with Crippen LogP contribution in [0.5, 0.6) is 0 Å². The molecule has 1 aromatic carbocycles. The maximum Gasteiger partial charge on any atom is 0.271 e. The number of benzene rings is 1. The van der Waals surface area contributed by atoms with Crippen molar-refractivity contribution in [2.75, 3.05) is 18.4 Å². The molecule has 0 aliphatic carbocycles. The molecule has 1 atom stereocenters. The second kappa shape index (κ2) is 5.26. The van der Waals surface area contributed by atoms with Crippen molar-refractivity contribution in [3.05, 3.63) is 33.9 Å². The molecule has 1 aromatic rings. The van der Waals surface area contributed by atoms with Gasteiger partial charge in [0.25, 0.3) is 11.6 Å². The summed E-state index contributed by atoms with van der Waals surface area (Å²) in [5.74, 6) is -0.0655. The highest BCUT2D eigenvalue weighted by Crippen LogP contribution is 2.27. The topological polar surface area (TPSA) is 75.5 Å². The summed E-state index contributed by atoms with van der Waals surface area (Å²) in [4.78, 5) is 24.6. The van der Waals surface area contributed by atoms with E-state index >= 15 is 0 Å². The lowest BCUT2D eigenvalue weighted by Crippen LogP contribution is -2.41. The fourth-order valence-corrected chi connectivity index (χ4v) is 2.40. The Bertz CT molecular complexity index is 516. The lowest BCUT2D eigenvalue weighted by Gasteiger charge is -2.27. The van der Waals surface area contributed by atoms with Gasteiger partial charge in [-0.05, 0) is 19.4 Å². The third kappa shape index (κ3) is 2.38. The molecule has 1 unspecified atom stereocenters. The highest BCUT2D eigenvalue weighted by molar-refractivity contribution is 6.00. The molecule has 0 aromatic heterocycles. The van der Waals surface area contributed by atoms with Crippen molar-refractivity contribution in [1.82, 2.24) is 4.90 Å². The Morgan fingerprint density at radius 1 is 1.47 bits per heavy atom. The fourth-order valence-electron chi connectivity index (χ4n) is 2.40. The minimum atomic E-state index is -0.452. The van der Waals surface area contributed by atoms with E-state index in [0.29, 0.717) is 24.3 Å². The molecule has 1 N–H and O–H groups in total. The fraction of sp³-hybridized carbons (Fsp3) is 0.462. The molecule has 6 heteroatoms. The first-order valence-corrected chi connectivity index (χ1v) is 6.41. The predicted octanol–water partition coefficient (Wildman–Crippen LogP) is 2.26. The second-order valence-corrected chi connectivity index (χ2v) is 4.52. The van der Waals surface area contributed by atoms with Gasteiger partial charge < -0.3 is 10.2 Å². The van der Waals surface area contributed by atoms with Gasteiger partial charge in [0, 0.05) is 31.3 Å². The number of hydrogen-bond donors (Lipinski definition) is 1. The Balaban J connectivity index is 2.44. The molecule has 1 amide bonds. The van der Waals surface area contributed by atoms with E-state index in [1.54, 1.807) is 0 Å². The van der Waals surface area contributed by atoms with Crippen molar-refractivity contribution < 1.29 is 9.72 Å². The Labute approximate surface area is 111 Å². The van der Waals surface area contributed by atoms with Crippen LogP contribution in [0.1, 0.15) is 30.6 Å². The maximum absolute atomic E-state index is 12.4. The van der Waals surface area contributed by atoms with E-state index in [9.17, 15) is 14.9 Å². The number of non-ortho nitro benzene ring substituents is 1. The number of nitrogens with one attached hydrogen (secondary N) is 1. The van der Waals surface area contributed by atoms with Crippen LogP contribution in [0.15, 0.2) is 18.2 Å².